The molecule has 3 rings (SSSR count). The average Bonchev–Trinajstić information content (AvgIpc) is 2.85. The van der Waals surface area contributed by atoms with Crippen molar-refractivity contribution in [2.24, 2.45) is 0 Å². The summed E-state index contributed by atoms with van der Waals surface area (Å²) >= 11 is 3.44. The molecule has 1 aliphatic heterocycles. The van der Waals surface area contributed by atoms with Crippen molar-refractivity contribution in [2.45, 2.75) is 32.4 Å². The lowest BCUT2D eigenvalue weighted by Crippen LogP contribution is -2.45. The number of hydrogen-bond donors (Lipinski definition) is 2. The fraction of sp³-hybridized carbons (Fsp3) is 0.500. The maximum atomic E-state index is 12.8. The second kappa shape index (κ2) is 9.64. The zero-order valence-corrected chi connectivity index (χ0v) is 17.7. The Kier molecular flexibility index (Phi) is 7.79. The van der Waals surface area contributed by atoms with Gasteiger partial charge in [-0.1, -0.05) is 29.8 Å². The lowest BCUT2D eigenvalue weighted by molar-refractivity contribution is -0.122. The first-order valence-electron chi connectivity index (χ1n) is 8.74. The summed E-state index contributed by atoms with van der Waals surface area (Å²) in [5, 5.41) is 12.0. The highest BCUT2D eigenvalue weighted by molar-refractivity contribution is 9.10. The van der Waals surface area contributed by atoms with Crippen LogP contribution in [-0.4, -0.2) is 48.0 Å². The van der Waals surface area contributed by atoms with Crippen LogP contribution in [0.2, 0.25) is 0 Å². The van der Waals surface area contributed by atoms with E-state index in [1.165, 1.54) is 4.68 Å². The molecule has 2 aromatic rings. The SMILES string of the molecule is CC(C)c1nn(CC(=O)NC2CNCCOC2)c(=O)c2ccc(Br)cc12.Cl. The number of halogens is 2. The zero-order valence-electron chi connectivity index (χ0n) is 15.3. The molecule has 27 heavy (non-hydrogen) atoms. The molecule has 7 nitrogen and oxygen atoms in total. The first-order chi connectivity index (χ1) is 12.5. The lowest BCUT2D eigenvalue weighted by atomic mass is 10.0. The summed E-state index contributed by atoms with van der Waals surface area (Å²) in [6.45, 7) is 6.44. The van der Waals surface area contributed by atoms with E-state index in [0.717, 1.165) is 22.1 Å². The monoisotopic (exact) mass is 458 g/mol. The van der Waals surface area contributed by atoms with Gasteiger partial charge in [-0.25, -0.2) is 4.68 Å². The highest BCUT2D eigenvalue weighted by Crippen LogP contribution is 2.24. The Bertz CT molecular complexity index is 864. The van der Waals surface area contributed by atoms with Gasteiger partial charge in [0.2, 0.25) is 5.91 Å². The maximum Gasteiger partial charge on any atom is 0.275 e. The Morgan fingerprint density at radius 1 is 1.44 bits per heavy atom. The van der Waals surface area contributed by atoms with Gasteiger partial charge < -0.3 is 15.4 Å². The van der Waals surface area contributed by atoms with E-state index in [2.05, 4.69) is 31.7 Å². The summed E-state index contributed by atoms with van der Waals surface area (Å²) in [6, 6.07) is 5.39. The Morgan fingerprint density at radius 3 is 2.96 bits per heavy atom. The summed E-state index contributed by atoms with van der Waals surface area (Å²) in [4.78, 5) is 25.2. The largest absolute Gasteiger partial charge is 0.378 e. The second-order valence-corrected chi connectivity index (χ2v) is 7.65. The molecule has 1 atom stereocenters. The fourth-order valence-corrected chi connectivity index (χ4v) is 3.39. The van der Waals surface area contributed by atoms with Gasteiger partial charge in [-0.3, -0.25) is 9.59 Å². The number of fused-ring (bicyclic) bond motifs is 1. The molecule has 1 saturated heterocycles. The Labute approximate surface area is 172 Å². The van der Waals surface area contributed by atoms with Crippen LogP contribution in [0, 0.1) is 0 Å². The van der Waals surface area contributed by atoms with E-state index in [1.54, 1.807) is 6.07 Å². The van der Waals surface area contributed by atoms with E-state index >= 15 is 0 Å². The van der Waals surface area contributed by atoms with Gasteiger partial charge in [0, 0.05) is 22.9 Å². The van der Waals surface area contributed by atoms with Crippen LogP contribution in [0.25, 0.3) is 10.8 Å². The van der Waals surface area contributed by atoms with Crippen molar-refractivity contribution in [3.63, 3.8) is 0 Å². The molecule has 0 bridgehead atoms. The topological polar surface area (TPSA) is 85.2 Å². The number of nitrogens with one attached hydrogen (secondary N) is 2. The number of carbonyl (C=O) groups excluding carboxylic acids is 1. The van der Waals surface area contributed by atoms with Crippen LogP contribution in [0.5, 0.6) is 0 Å². The molecule has 1 aromatic heterocycles. The number of aromatic nitrogens is 2. The second-order valence-electron chi connectivity index (χ2n) is 6.74. The first kappa shape index (κ1) is 21.8. The molecule has 1 amide bonds. The minimum Gasteiger partial charge on any atom is -0.378 e. The van der Waals surface area contributed by atoms with Crippen LogP contribution in [0.3, 0.4) is 0 Å². The normalized spacial score (nSPS) is 17.4. The Balaban J connectivity index is 0.00000261. The van der Waals surface area contributed by atoms with Crippen LogP contribution >= 0.6 is 28.3 Å². The van der Waals surface area contributed by atoms with E-state index in [-0.39, 0.29) is 42.4 Å². The summed E-state index contributed by atoms with van der Waals surface area (Å²) in [6.07, 6.45) is 0. The van der Waals surface area contributed by atoms with Crippen molar-refractivity contribution in [3.8, 4) is 0 Å². The van der Waals surface area contributed by atoms with Gasteiger partial charge in [-0.15, -0.1) is 12.4 Å². The average molecular weight is 460 g/mol. The minimum atomic E-state index is -0.262. The number of hydrogen-bond acceptors (Lipinski definition) is 5. The van der Waals surface area contributed by atoms with E-state index in [4.69, 9.17) is 4.74 Å². The third-order valence-corrected chi connectivity index (χ3v) is 4.78. The molecular weight excluding hydrogens is 436 g/mol. The molecule has 0 saturated carbocycles. The molecule has 2 N–H and O–H groups in total. The highest BCUT2D eigenvalue weighted by Gasteiger charge is 2.18. The Hall–Kier alpha value is -1.48. The van der Waals surface area contributed by atoms with Gasteiger partial charge in [0.05, 0.1) is 30.3 Å². The van der Waals surface area contributed by atoms with E-state index in [9.17, 15) is 9.59 Å². The summed E-state index contributed by atoms with van der Waals surface area (Å²) in [5.74, 6) is -0.121. The maximum absolute atomic E-state index is 12.8. The number of amides is 1. The molecule has 148 valence electrons. The summed E-state index contributed by atoms with van der Waals surface area (Å²) < 4.78 is 7.58. The van der Waals surface area contributed by atoms with Gasteiger partial charge in [0.1, 0.15) is 6.54 Å². The molecule has 0 spiro atoms. The van der Waals surface area contributed by atoms with Crippen LogP contribution in [0.15, 0.2) is 27.5 Å². The van der Waals surface area contributed by atoms with Gasteiger partial charge in [-0.2, -0.15) is 5.10 Å². The van der Waals surface area contributed by atoms with E-state index < -0.39 is 0 Å². The van der Waals surface area contributed by atoms with Gasteiger partial charge >= 0.3 is 0 Å². The van der Waals surface area contributed by atoms with Crippen LogP contribution in [0.4, 0.5) is 0 Å². The number of benzene rings is 1. The number of ether oxygens (including phenoxy) is 1. The van der Waals surface area contributed by atoms with Crippen molar-refractivity contribution in [1.82, 2.24) is 20.4 Å². The predicted molar refractivity (Wildman–Crippen MR) is 111 cm³/mol. The zero-order chi connectivity index (χ0) is 18.7. The molecule has 2 heterocycles. The quantitative estimate of drug-likeness (QED) is 0.728. The number of nitrogens with zero attached hydrogens (tertiary/aromatic N) is 2. The van der Waals surface area contributed by atoms with Crippen LogP contribution in [-0.2, 0) is 16.1 Å². The highest BCUT2D eigenvalue weighted by atomic mass is 79.9. The predicted octanol–water partition coefficient (Wildman–Crippen LogP) is 1.81. The van der Waals surface area contributed by atoms with Crippen molar-refractivity contribution in [1.29, 1.82) is 0 Å². The smallest absolute Gasteiger partial charge is 0.275 e. The molecular formula is C18H24BrClN4O3. The molecule has 1 aromatic carbocycles. The van der Waals surface area contributed by atoms with Gasteiger partial charge in [0.25, 0.3) is 5.56 Å². The molecule has 1 unspecified atom stereocenters. The first-order valence-corrected chi connectivity index (χ1v) is 9.53. The van der Waals surface area contributed by atoms with Crippen LogP contribution in [0.1, 0.15) is 25.5 Å². The van der Waals surface area contributed by atoms with Gasteiger partial charge in [0.15, 0.2) is 0 Å². The summed E-state index contributed by atoms with van der Waals surface area (Å²) in [5.41, 5.74) is 0.537. The van der Waals surface area contributed by atoms with Crippen molar-refractivity contribution < 1.29 is 9.53 Å². The fourth-order valence-electron chi connectivity index (χ4n) is 3.02. The molecule has 0 radical (unpaired) electrons. The molecule has 0 aliphatic carbocycles. The van der Waals surface area contributed by atoms with Crippen molar-refractivity contribution in [2.75, 3.05) is 26.3 Å². The molecule has 1 fully saturated rings. The number of rotatable bonds is 4. The lowest BCUT2D eigenvalue weighted by Gasteiger charge is -2.17. The van der Waals surface area contributed by atoms with E-state index in [1.807, 2.05) is 26.0 Å². The standard InChI is InChI=1S/C18H23BrN4O3.ClH/c1-11(2)17-15-7-12(19)3-4-14(15)18(25)23(22-17)9-16(24)21-13-8-20-5-6-26-10-13;/h3-4,7,11,13,20H,5-6,8-10H2,1-2H3,(H,21,24);1H. The molecule has 1 aliphatic rings. The number of carbonyl (C=O) groups is 1. The van der Waals surface area contributed by atoms with Crippen molar-refractivity contribution >= 4 is 45.0 Å². The minimum absolute atomic E-state index is 0. The Morgan fingerprint density at radius 2 is 2.22 bits per heavy atom. The van der Waals surface area contributed by atoms with Crippen LogP contribution < -0.4 is 16.2 Å². The van der Waals surface area contributed by atoms with Crippen molar-refractivity contribution in [3.05, 3.63) is 38.7 Å². The summed E-state index contributed by atoms with van der Waals surface area (Å²) in [7, 11) is 0. The molecule has 9 heteroatoms. The van der Waals surface area contributed by atoms with E-state index in [0.29, 0.717) is 25.1 Å². The van der Waals surface area contributed by atoms with Gasteiger partial charge in [-0.05, 0) is 24.1 Å². The third-order valence-electron chi connectivity index (χ3n) is 4.29. The third kappa shape index (κ3) is 5.28.